The van der Waals surface area contributed by atoms with E-state index in [0.29, 0.717) is 11.8 Å². The van der Waals surface area contributed by atoms with Crippen LogP contribution in [0.4, 0.5) is 0 Å². The molecule has 0 saturated carbocycles. The zero-order chi connectivity index (χ0) is 11.3. The van der Waals surface area contributed by atoms with Crippen molar-refractivity contribution in [3.05, 3.63) is 12.4 Å². The maximum Gasteiger partial charge on any atom is 0.157 e. The first kappa shape index (κ1) is 12.6. The summed E-state index contributed by atoms with van der Waals surface area (Å²) in [4.78, 5) is 0. The smallest absolute Gasteiger partial charge is 0.157 e. The lowest BCUT2D eigenvalue weighted by atomic mass is 9.99. The van der Waals surface area contributed by atoms with Crippen LogP contribution in [0.2, 0.25) is 0 Å². The molecule has 4 heteroatoms. The number of alkyl halides is 1. The Balaban J connectivity index is 2.41. The molecule has 1 aromatic rings. The van der Waals surface area contributed by atoms with Crippen molar-refractivity contribution in [3.8, 4) is 5.75 Å². The van der Waals surface area contributed by atoms with E-state index in [1.807, 2.05) is 10.9 Å². The molecule has 0 amide bonds. The van der Waals surface area contributed by atoms with E-state index in [1.165, 1.54) is 0 Å². The standard InChI is InChI=1S/C11H19BrN2O/c1-4-14-7-11(6-13-14)15-8-10(5-12)9(2)3/h6-7,9-10H,4-5,8H2,1-3H3. The molecule has 0 aliphatic heterocycles. The van der Waals surface area contributed by atoms with Crippen LogP contribution in [0.3, 0.4) is 0 Å². The van der Waals surface area contributed by atoms with Gasteiger partial charge in [-0.05, 0) is 12.8 Å². The molecule has 0 aromatic carbocycles. The Labute approximate surface area is 99.9 Å². The van der Waals surface area contributed by atoms with Crippen LogP contribution in [-0.4, -0.2) is 21.7 Å². The first-order valence-corrected chi connectivity index (χ1v) is 6.50. The third kappa shape index (κ3) is 3.86. The van der Waals surface area contributed by atoms with Gasteiger partial charge in [-0.1, -0.05) is 29.8 Å². The summed E-state index contributed by atoms with van der Waals surface area (Å²) in [6, 6.07) is 0. The van der Waals surface area contributed by atoms with Crippen LogP contribution in [0, 0.1) is 11.8 Å². The zero-order valence-corrected chi connectivity index (χ0v) is 11.2. The molecule has 86 valence electrons. The molecule has 3 nitrogen and oxygen atoms in total. The summed E-state index contributed by atoms with van der Waals surface area (Å²) in [6.07, 6.45) is 3.71. The minimum Gasteiger partial charge on any atom is -0.490 e. The maximum atomic E-state index is 5.69. The number of rotatable bonds is 6. The fourth-order valence-electron chi connectivity index (χ4n) is 1.21. The van der Waals surface area contributed by atoms with E-state index in [9.17, 15) is 0 Å². The zero-order valence-electron chi connectivity index (χ0n) is 9.61. The van der Waals surface area contributed by atoms with Gasteiger partial charge in [0, 0.05) is 17.8 Å². The minimum atomic E-state index is 0.551. The molecular weight excluding hydrogens is 256 g/mol. The first-order chi connectivity index (χ1) is 7.17. The molecule has 0 N–H and O–H groups in total. The summed E-state index contributed by atoms with van der Waals surface area (Å²) < 4.78 is 7.56. The predicted molar refractivity (Wildman–Crippen MR) is 65.5 cm³/mol. The van der Waals surface area contributed by atoms with Gasteiger partial charge < -0.3 is 4.74 Å². The predicted octanol–water partition coefficient (Wildman–Crippen LogP) is 2.95. The Bertz CT molecular complexity index is 286. The summed E-state index contributed by atoms with van der Waals surface area (Å²) in [5.74, 6) is 2.05. The molecule has 0 fully saturated rings. The third-order valence-corrected chi connectivity index (χ3v) is 3.37. The lowest BCUT2D eigenvalue weighted by Gasteiger charge is -2.17. The molecule has 0 spiro atoms. The van der Waals surface area contributed by atoms with E-state index in [1.54, 1.807) is 6.20 Å². The summed E-state index contributed by atoms with van der Waals surface area (Å²) in [5.41, 5.74) is 0. The van der Waals surface area contributed by atoms with Crippen molar-refractivity contribution in [2.75, 3.05) is 11.9 Å². The first-order valence-electron chi connectivity index (χ1n) is 5.38. The highest BCUT2D eigenvalue weighted by atomic mass is 79.9. The van der Waals surface area contributed by atoms with Gasteiger partial charge in [-0.15, -0.1) is 0 Å². The lowest BCUT2D eigenvalue weighted by Crippen LogP contribution is -2.19. The van der Waals surface area contributed by atoms with Gasteiger partial charge in [0.2, 0.25) is 0 Å². The number of aromatic nitrogens is 2. The van der Waals surface area contributed by atoms with Gasteiger partial charge >= 0.3 is 0 Å². The van der Waals surface area contributed by atoms with Gasteiger partial charge in [-0.3, -0.25) is 4.68 Å². The summed E-state index contributed by atoms with van der Waals surface area (Å²) >= 11 is 3.51. The van der Waals surface area contributed by atoms with E-state index >= 15 is 0 Å². The van der Waals surface area contributed by atoms with Crippen molar-refractivity contribution in [1.82, 2.24) is 9.78 Å². The molecule has 1 heterocycles. The fraction of sp³-hybridized carbons (Fsp3) is 0.727. The Hall–Kier alpha value is -0.510. The number of nitrogens with zero attached hydrogens (tertiary/aromatic N) is 2. The molecule has 1 unspecified atom stereocenters. The van der Waals surface area contributed by atoms with Crippen molar-refractivity contribution in [2.24, 2.45) is 11.8 Å². The van der Waals surface area contributed by atoms with Gasteiger partial charge in [0.15, 0.2) is 5.75 Å². The van der Waals surface area contributed by atoms with E-state index < -0.39 is 0 Å². The molecule has 1 aromatic heterocycles. The van der Waals surface area contributed by atoms with Gasteiger partial charge in [-0.2, -0.15) is 5.10 Å². The van der Waals surface area contributed by atoms with E-state index in [-0.39, 0.29) is 0 Å². The second-order valence-electron chi connectivity index (χ2n) is 4.00. The number of aryl methyl sites for hydroxylation is 1. The summed E-state index contributed by atoms with van der Waals surface area (Å²) in [5, 5.41) is 5.14. The van der Waals surface area contributed by atoms with Gasteiger partial charge in [0.05, 0.1) is 19.0 Å². The molecule has 0 saturated heterocycles. The SMILES string of the molecule is CCn1cc(OCC(CBr)C(C)C)cn1. The van der Waals surface area contributed by atoms with Crippen LogP contribution in [0.1, 0.15) is 20.8 Å². The molecule has 0 bridgehead atoms. The Morgan fingerprint density at radius 1 is 1.53 bits per heavy atom. The number of hydrogen-bond donors (Lipinski definition) is 0. The maximum absolute atomic E-state index is 5.69. The highest BCUT2D eigenvalue weighted by Crippen LogP contribution is 2.16. The van der Waals surface area contributed by atoms with E-state index in [2.05, 4.69) is 41.8 Å². The third-order valence-electron chi connectivity index (χ3n) is 2.54. The Kier molecular flexibility index (Phi) is 5.15. The van der Waals surface area contributed by atoms with Crippen molar-refractivity contribution in [3.63, 3.8) is 0 Å². The van der Waals surface area contributed by atoms with Crippen molar-refractivity contribution >= 4 is 15.9 Å². The van der Waals surface area contributed by atoms with Crippen LogP contribution in [0.15, 0.2) is 12.4 Å². The van der Waals surface area contributed by atoms with Crippen LogP contribution in [0.25, 0.3) is 0 Å². The second-order valence-corrected chi connectivity index (χ2v) is 4.65. The second kappa shape index (κ2) is 6.16. The average Bonchev–Trinajstić information content (AvgIpc) is 2.66. The Morgan fingerprint density at radius 3 is 2.73 bits per heavy atom. The minimum absolute atomic E-state index is 0.551. The number of ether oxygens (including phenoxy) is 1. The number of hydrogen-bond acceptors (Lipinski definition) is 2. The molecule has 0 radical (unpaired) electrons. The quantitative estimate of drug-likeness (QED) is 0.746. The van der Waals surface area contributed by atoms with E-state index in [0.717, 1.165) is 24.2 Å². The summed E-state index contributed by atoms with van der Waals surface area (Å²) in [6.45, 7) is 8.12. The van der Waals surface area contributed by atoms with Crippen LogP contribution < -0.4 is 4.74 Å². The van der Waals surface area contributed by atoms with Crippen LogP contribution in [-0.2, 0) is 6.54 Å². The topological polar surface area (TPSA) is 27.1 Å². The highest BCUT2D eigenvalue weighted by Gasteiger charge is 2.12. The highest BCUT2D eigenvalue weighted by molar-refractivity contribution is 9.09. The molecule has 15 heavy (non-hydrogen) atoms. The molecular formula is C11H19BrN2O. The summed E-state index contributed by atoms with van der Waals surface area (Å²) in [7, 11) is 0. The monoisotopic (exact) mass is 274 g/mol. The van der Waals surface area contributed by atoms with E-state index in [4.69, 9.17) is 4.74 Å². The van der Waals surface area contributed by atoms with Crippen molar-refractivity contribution in [1.29, 1.82) is 0 Å². The van der Waals surface area contributed by atoms with Crippen LogP contribution >= 0.6 is 15.9 Å². The van der Waals surface area contributed by atoms with Crippen molar-refractivity contribution in [2.45, 2.75) is 27.3 Å². The molecule has 0 aliphatic rings. The lowest BCUT2D eigenvalue weighted by molar-refractivity contribution is 0.227. The largest absolute Gasteiger partial charge is 0.490 e. The number of halogens is 1. The Morgan fingerprint density at radius 2 is 2.27 bits per heavy atom. The molecule has 1 rings (SSSR count). The van der Waals surface area contributed by atoms with Gasteiger partial charge in [0.25, 0.3) is 0 Å². The molecule has 0 aliphatic carbocycles. The van der Waals surface area contributed by atoms with Gasteiger partial charge in [0.1, 0.15) is 0 Å². The average molecular weight is 275 g/mol. The molecule has 1 atom stereocenters. The van der Waals surface area contributed by atoms with Gasteiger partial charge in [-0.25, -0.2) is 0 Å². The van der Waals surface area contributed by atoms with Crippen molar-refractivity contribution < 1.29 is 4.74 Å². The fourth-order valence-corrected chi connectivity index (χ4v) is 2.15. The van der Waals surface area contributed by atoms with Crippen LogP contribution in [0.5, 0.6) is 5.75 Å². The normalized spacial score (nSPS) is 13.1.